The molecule has 0 saturated heterocycles. The molecule has 98 valence electrons. The Labute approximate surface area is 98.8 Å². The summed E-state index contributed by atoms with van der Waals surface area (Å²) < 4.78 is 63.2. The third-order valence-electron chi connectivity index (χ3n) is 2.83. The van der Waals surface area contributed by atoms with Crippen LogP contribution in [0.2, 0.25) is 0 Å². The highest BCUT2D eigenvalue weighted by Crippen LogP contribution is 2.49. The minimum Gasteiger partial charge on any atom is -0.338 e. The van der Waals surface area contributed by atoms with Crippen molar-refractivity contribution >= 4 is 5.91 Å². The monoisotopic (exact) mass is 265 g/mol. The van der Waals surface area contributed by atoms with Gasteiger partial charge in [0.25, 0.3) is 5.91 Å². The van der Waals surface area contributed by atoms with Crippen molar-refractivity contribution in [3.05, 3.63) is 35.4 Å². The highest BCUT2D eigenvalue weighted by Gasteiger charge is 2.64. The van der Waals surface area contributed by atoms with E-state index in [0.29, 0.717) is 12.1 Å². The molecule has 1 aliphatic carbocycles. The first-order valence-electron chi connectivity index (χ1n) is 5.09. The molecule has 1 aromatic rings. The zero-order chi connectivity index (χ0) is 13.6. The maximum atomic E-state index is 12.8. The first kappa shape index (κ1) is 12.8. The zero-order valence-electron chi connectivity index (χ0n) is 8.94. The lowest BCUT2D eigenvalue weighted by atomic mass is 10.1. The van der Waals surface area contributed by atoms with Crippen molar-refractivity contribution in [2.24, 2.45) is 0 Å². The third-order valence-corrected chi connectivity index (χ3v) is 2.83. The minimum atomic E-state index is -4.54. The molecule has 0 radical (unpaired) electrons. The number of benzene rings is 1. The number of amides is 1. The number of rotatable bonds is 2. The highest BCUT2D eigenvalue weighted by atomic mass is 19.4. The van der Waals surface area contributed by atoms with Crippen LogP contribution >= 0.6 is 0 Å². The second-order valence-electron chi connectivity index (χ2n) is 4.16. The van der Waals surface area contributed by atoms with Crippen molar-refractivity contribution in [3.63, 3.8) is 0 Å². The topological polar surface area (TPSA) is 29.1 Å². The summed E-state index contributed by atoms with van der Waals surface area (Å²) in [6, 6.07) is 2.19. The molecule has 0 spiro atoms. The fourth-order valence-electron chi connectivity index (χ4n) is 1.53. The van der Waals surface area contributed by atoms with E-state index in [4.69, 9.17) is 0 Å². The van der Waals surface area contributed by atoms with Crippen LogP contribution < -0.4 is 5.32 Å². The predicted octanol–water partition coefficient (Wildman–Crippen LogP) is 2.79. The Hall–Kier alpha value is -1.66. The van der Waals surface area contributed by atoms with Crippen LogP contribution in [-0.2, 0) is 0 Å². The summed E-state index contributed by atoms with van der Waals surface area (Å²) >= 11 is 0. The van der Waals surface area contributed by atoms with E-state index in [1.165, 1.54) is 0 Å². The first-order valence-corrected chi connectivity index (χ1v) is 5.09. The van der Waals surface area contributed by atoms with Gasteiger partial charge in [0.15, 0.2) is 11.6 Å². The molecule has 0 aromatic heterocycles. The Bertz CT molecular complexity index is 493. The summed E-state index contributed by atoms with van der Waals surface area (Å²) in [6.45, 7) is 0. The van der Waals surface area contributed by atoms with Crippen molar-refractivity contribution in [2.75, 3.05) is 0 Å². The Morgan fingerprint density at radius 3 is 2.22 bits per heavy atom. The van der Waals surface area contributed by atoms with Gasteiger partial charge in [0.1, 0.15) is 5.54 Å². The molecule has 1 aliphatic rings. The lowest BCUT2D eigenvalue weighted by Crippen LogP contribution is -2.47. The molecule has 0 aliphatic heterocycles. The average molecular weight is 265 g/mol. The fraction of sp³-hybridized carbons (Fsp3) is 0.364. The lowest BCUT2D eigenvalue weighted by Gasteiger charge is -2.20. The number of carbonyl (C=O) groups is 1. The highest BCUT2D eigenvalue weighted by molar-refractivity contribution is 5.95. The van der Waals surface area contributed by atoms with E-state index in [-0.39, 0.29) is 18.4 Å². The van der Waals surface area contributed by atoms with E-state index in [1.807, 2.05) is 5.32 Å². The molecular weight excluding hydrogens is 257 g/mol. The Kier molecular flexibility index (Phi) is 2.79. The van der Waals surface area contributed by atoms with Gasteiger partial charge in [-0.2, -0.15) is 13.2 Å². The van der Waals surface area contributed by atoms with E-state index in [0.717, 1.165) is 6.07 Å². The molecule has 1 amide bonds. The Morgan fingerprint density at radius 1 is 1.17 bits per heavy atom. The standard InChI is InChI=1S/C11H8F5NO/c12-7-2-1-6(5-8(7)13)9(18)17-10(3-4-10)11(14,15)16/h1-2,5H,3-4H2,(H,17,18). The SMILES string of the molecule is O=C(NC1(C(F)(F)F)CC1)c1ccc(F)c(F)c1. The Morgan fingerprint density at radius 2 is 1.78 bits per heavy atom. The second kappa shape index (κ2) is 3.93. The maximum Gasteiger partial charge on any atom is 0.411 e. The first-order chi connectivity index (χ1) is 8.25. The van der Waals surface area contributed by atoms with Crippen molar-refractivity contribution in [3.8, 4) is 0 Å². The predicted molar refractivity (Wildman–Crippen MR) is 51.8 cm³/mol. The quantitative estimate of drug-likeness (QED) is 0.818. The van der Waals surface area contributed by atoms with Gasteiger partial charge >= 0.3 is 6.18 Å². The van der Waals surface area contributed by atoms with Crippen LogP contribution in [0.15, 0.2) is 18.2 Å². The third kappa shape index (κ3) is 2.16. The van der Waals surface area contributed by atoms with Crippen LogP contribution in [-0.4, -0.2) is 17.6 Å². The molecule has 18 heavy (non-hydrogen) atoms. The van der Waals surface area contributed by atoms with Crippen LogP contribution in [0.4, 0.5) is 22.0 Å². The average Bonchev–Trinajstić information content (AvgIpc) is 3.02. The molecule has 1 aromatic carbocycles. The van der Waals surface area contributed by atoms with Crippen LogP contribution in [0.3, 0.4) is 0 Å². The minimum absolute atomic E-state index is 0.202. The molecule has 2 nitrogen and oxygen atoms in total. The van der Waals surface area contributed by atoms with Crippen LogP contribution in [0, 0.1) is 11.6 Å². The molecule has 0 heterocycles. The van der Waals surface area contributed by atoms with Gasteiger partial charge in [-0.05, 0) is 31.0 Å². The lowest BCUT2D eigenvalue weighted by molar-refractivity contribution is -0.163. The summed E-state index contributed by atoms with van der Waals surface area (Å²) in [7, 11) is 0. The summed E-state index contributed by atoms with van der Waals surface area (Å²) in [5, 5.41) is 1.82. The summed E-state index contributed by atoms with van der Waals surface area (Å²) in [5.74, 6) is -3.51. The smallest absolute Gasteiger partial charge is 0.338 e. The normalized spacial score (nSPS) is 17.4. The van der Waals surface area contributed by atoms with Gasteiger partial charge in [-0.1, -0.05) is 0 Å². The molecule has 7 heteroatoms. The number of halogens is 5. The van der Waals surface area contributed by atoms with Crippen molar-refractivity contribution in [1.29, 1.82) is 0 Å². The molecule has 1 fully saturated rings. The van der Waals surface area contributed by atoms with Crippen LogP contribution in [0.1, 0.15) is 23.2 Å². The van der Waals surface area contributed by atoms with Gasteiger partial charge in [0.05, 0.1) is 0 Å². The summed E-state index contributed by atoms with van der Waals surface area (Å²) in [6.07, 6.45) is -4.95. The molecule has 0 unspecified atom stereocenters. The number of hydrogen-bond donors (Lipinski definition) is 1. The molecule has 0 bridgehead atoms. The zero-order valence-corrected chi connectivity index (χ0v) is 8.94. The number of carbonyl (C=O) groups excluding carboxylic acids is 1. The van der Waals surface area contributed by atoms with Gasteiger partial charge in [-0.3, -0.25) is 4.79 Å². The van der Waals surface area contributed by atoms with Gasteiger partial charge in [0, 0.05) is 5.56 Å². The number of alkyl halides is 3. The van der Waals surface area contributed by atoms with Crippen LogP contribution in [0.25, 0.3) is 0 Å². The van der Waals surface area contributed by atoms with E-state index in [9.17, 15) is 26.7 Å². The second-order valence-corrected chi connectivity index (χ2v) is 4.16. The number of nitrogens with one attached hydrogen (secondary N) is 1. The van der Waals surface area contributed by atoms with E-state index in [1.54, 1.807) is 0 Å². The molecule has 1 saturated carbocycles. The summed E-state index contributed by atoms with van der Waals surface area (Å²) in [5.41, 5.74) is -2.56. The molecule has 2 rings (SSSR count). The summed E-state index contributed by atoms with van der Waals surface area (Å²) in [4.78, 5) is 11.5. The largest absolute Gasteiger partial charge is 0.411 e. The van der Waals surface area contributed by atoms with Crippen molar-refractivity contribution in [2.45, 2.75) is 24.6 Å². The van der Waals surface area contributed by atoms with Gasteiger partial charge in [-0.15, -0.1) is 0 Å². The fourth-order valence-corrected chi connectivity index (χ4v) is 1.53. The molecule has 0 atom stereocenters. The van der Waals surface area contributed by atoms with Crippen molar-refractivity contribution in [1.82, 2.24) is 5.32 Å². The van der Waals surface area contributed by atoms with Gasteiger partial charge in [0.2, 0.25) is 0 Å². The molecular formula is C11H8F5NO. The van der Waals surface area contributed by atoms with E-state index >= 15 is 0 Å². The Balaban J connectivity index is 2.16. The van der Waals surface area contributed by atoms with E-state index < -0.39 is 29.3 Å². The van der Waals surface area contributed by atoms with Crippen LogP contribution in [0.5, 0.6) is 0 Å². The molecule has 1 N–H and O–H groups in total. The van der Waals surface area contributed by atoms with Gasteiger partial charge < -0.3 is 5.32 Å². The number of hydrogen-bond acceptors (Lipinski definition) is 1. The van der Waals surface area contributed by atoms with E-state index in [2.05, 4.69) is 0 Å². The van der Waals surface area contributed by atoms with Gasteiger partial charge in [-0.25, -0.2) is 8.78 Å². The van der Waals surface area contributed by atoms with Crippen molar-refractivity contribution < 1.29 is 26.7 Å². The maximum absolute atomic E-state index is 12.8.